The van der Waals surface area contributed by atoms with Crippen LogP contribution < -0.4 is 10.4 Å². The van der Waals surface area contributed by atoms with Crippen LogP contribution in [0.15, 0.2) is 68.9 Å². The summed E-state index contributed by atoms with van der Waals surface area (Å²) in [6, 6.07) is 8.27. The zero-order chi connectivity index (χ0) is 25.8. The number of methoxy groups -OCH3 is 1. The average Bonchev–Trinajstić information content (AvgIpc) is 2.97. The van der Waals surface area contributed by atoms with Gasteiger partial charge in [0.15, 0.2) is 21.5 Å². The van der Waals surface area contributed by atoms with Gasteiger partial charge in [0.2, 0.25) is 0 Å². The number of sulfone groups is 1. The smallest absolute Gasteiger partial charge is 0.334 e. The molecule has 3 heterocycles. The molecule has 0 bridgehead atoms. The standard InChI is InChI=1S/C26H23FN4O4S/c1-15-5-6-17(13-28-12-15)19-11-20-16(9-23(19)35-3)7-8-22-24(20)31(26(32)30(22)2)25-21(27)10-18(14-29-25)36(4,33)34/h5-11,13-14H,12H2,1-4H3. The summed E-state index contributed by atoms with van der Waals surface area (Å²) in [5.74, 6) is -0.576. The zero-order valence-corrected chi connectivity index (χ0v) is 20.9. The Hall–Kier alpha value is -4.05. The Kier molecular flexibility index (Phi) is 5.63. The Morgan fingerprint density at radius 2 is 1.92 bits per heavy atom. The molecule has 2 aromatic heterocycles. The number of nitrogens with zero attached hydrogens (tertiary/aromatic N) is 4. The van der Waals surface area contributed by atoms with E-state index in [2.05, 4.69) is 9.98 Å². The largest absolute Gasteiger partial charge is 0.496 e. The molecule has 1 aliphatic heterocycles. The lowest BCUT2D eigenvalue weighted by molar-refractivity contribution is 0.414. The minimum atomic E-state index is -3.67. The number of pyridine rings is 1. The fourth-order valence-corrected chi connectivity index (χ4v) is 4.89. The molecule has 0 aliphatic carbocycles. The van der Waals surface area contributed by atoms with Gasteiger partial charge in [-0.25, -0.2) is 27.2 Å². The topological polar surface area (TPSA) is 95.6 Å². The molecular formula is C26H23FN4O4S. The second-order valence-electron chi connectivity index (χ2n) is 8.74. The number of benzene rings is 2. The summed E-state index contributed by atoms with van der Waals surface area (Å²) >= 11 is 0. The number of aryl methyl sites for hydroxylation is 1. The van der Waals surface area contributed by atoms with Gasteiger partial charge in [0.25, 0.3) is 0 Å². The predicted octanol–water partition coefficient (Wildman–Crippen LogP) is 3.84. The van der Waals surface area contributed by atoms with E-state index in [0.717, 1.165) is 40.6 Å². The van der Waals surface area contributed by atoms with E-state index in [1.165, 1.54) is 9.13 Å². The predicted molar refractivity (Wildman–Crippen MR) is 139 cm³/mol. The number of halogens is 1. The lowest BCUT2D eigenvalue weighted by Crippen LogP contribution is -2.22. The van der Waals surface area contributed by atoms with Crippen LogP contribution >= 0.6 is 0 Å². The van der Waals surface area contributed by atoms with E-state index in [1.807, 2.05) is 37.3 Å². The first-order valence-corrected chi connectivity index (χ1v) is 12.9. The third-order valence-corrected chi connectivity index (χ3v) is 7.30. The van der Waals surface area contributed by atoms with Gasteiger partial charge in [-0.3, -0.25) is 9.56 Å². The van der Waals surface area contributed by atoms with Gasteiger partial charge in [0.05, 0.1) is 29.6 Å². The van der Waals surface area contributed by atoms with Crippen molar-refractivity contribution in [2.75, 3.05) is 19.9 Å². The van der Waals surface area contributed by atoms with Gasteiger partial charge in [0.1, 0.15) is 5.75 Å². The van der Waals surface area contributed by atoms with Crippen LogP contribution in [0.3, 0.4) is 0 Å². The quantitative estimate of drug-likeness (QED) is 0.419. The molecule has 0 spiro atoms. The van der Waals surface area contributed by atoms with Crippen LogP contribution in [0.25, 0.3) is 33.2 Å². The first-order chi connectivity index (χ1) is 17.1. The van der Waals surface area contributed by atoms with E-state index in [1.54, 1.807) is 26.4 Å². The molecule has 0 N–H and O–H groups in total. The van der Waals surface area contributed by atoms with Gasteiger partial charge in [0, 0.05) is 42.2 Å². The number of hydrogen-bond acceptors (Lipinski definition) is 6. The second kappa shape index (κ2) is 8.56. The SMILES string of the molecule is COc1cc2ccc3c(c2cc1C1=CC=C(C)CN=C1)n(-c1ncc(S(C)(=O)=O)cc1F)c(=O)n3C. The fraction of sp³-hybridized carbons (Fsp3) is 0.192. The molecule has 4 aromatic rings. The third kappa shape index (κ3) is 3.83. The van der Waals surface area contributed by atoms with Crippen molar-refractivity contribution in [2.24, 2.45) is 12.0 Å². The molecule has 0 fully saturated rings. The van der Waals surface area contributed by atoms with Crippen LogP contribution in [0.4, 0.5) is 4.39 Å². The lowest BCUT2D eigenvalue weighted by atomic mass is 9.99. The van der Waals surface area contributed by atoms with Gasteiger partial charge < -0.3 is 4.74 Å². The summed E-state index contributed by atoms with van der Waals surface area (Å²) in [7, 11) is -0.497. The maximum absolute atomic E-state index is 15.2. The Balaban J connectivity index is 1.87. The molecule has 0 saturated heterocycles. The molecular weight excluding hydrogens is 483 g/mol. The second-order valence-corrected chi connectivity index (χ2v) is 10.8. The van der Waals surface area contributed by atoms with Crippen molar-refractivity contribution < 1.29 is 17.5 Å². The van der Waals surface area contributed by atoms with Crippen LogP contribution in [0.2, 0.25) is 0 Å². The van der Waals surface area contributed by atoms with Crippen LogP contribution in [0, 0.1) is 5.82 Å². The number of allylic oxidation sites excluding steroid dienone is 3. The highest BCUT2D eigenvalue weighted by molar-refractivity contribution is 7.90. The van der Waals surface area contributed by atoms with Crippen molar-refractivity contribution in [2.45, 2.75) is 11.8 Å². The van der Waals surface area contributed by atoms with E-state index < -0.39 is 21.3 Å². The molecule has 0 radical (unpaired) electrons. The summed E-state index contributed by atoms with van der Waals surface area (Å²) in [5, 5.41) is 1.45. The number of rotatable bonds is 4. The van der Waals surface area contributed by atoms with E-state index in [4.69, 9.17) is 4.74 Å². The van der Waals surface area contributed by atoms with Crippen molar-refractivity contribution in [3.05, 3.63) is 76.1 Å². The highest BCUT2D eigenvalue weighted by Crippen LogP contribution is 2.35. The Morgan fingerprint density at radius 1 is 1.14 bits per heavy atom. The van der Waals surface area contributed by atoms with Crippen LogP contribution in [-0.2, 0) is 16.9 Å². The zero-order valence-electron chi connectivity index (χ0n) is 20.1. The highest BCUT2D eigenvalue weighted by Gasteiger charge is 2.22. The van der Waals surface area contributed by atoms with Crippen molar-refractivity contribution in [3.63, 3.8) is 0 Å². The molecule has 8 nitrogen and oxygen atoms in total. The van der Waals surface area contributed by atoms with Crippen molar-refractivity contribution in [1.29, 1.82) is 0 Å². The normalized spacial score (nSPS) is 14.1. The Labute approximate surface area is 206 Å². The number of imidazole rings is 1. The molecule has 184 valence electrons. The number of hydrogen-bond donors (Lipinski definition) is 0. The number of ether oxygens (including phenoxy) is 1. The van der Waals surface area contributed by atoms with Gasteiger partial charge in [-0.1, -0.05) is 23.8 Å². The van der Waals surface area contributed by atoms with Crippen molar-refractivity contribution >= 4 is 43.4 Å². The average molecular weight is 507 g/mol. The lowest BCUT2D eigenvalue weighted by Gasteiger charge is -2.13. The van der Waals surface area contributed by atoms with Gasteiger partial charge in [-0.05, 0) is 36.6 Å². The third-order valence-electron chi connectivity index (χ3n) is 6.22. The van der Waals surface area contributed by atoms with Crippen LogP contribution in [-0.4, -0.2) is 48.7 Å². The minimum Gasteiger partial charge on any atom is -0.496 e. The molecule has 2 aromatic carbocycles. The summed E-state index contributed by atoms with van der Waals surface area (Å²) in [6.07, 6.45) is 7.75. The molecule has 36 heavy (non-hydrogen) atoms. The molecule has 0 saturated carbocycles. The minimum absolute atomic E-state index is 0.267. The summed E-state index contributed by atoms with van der Waals surface area (Å²) in [4.78, 5) is 21.5. The summed E-state index contributed by atoms with van der Waals surface area (Å²) in [6.45, 7) is 2.59. The maximum atomic E-state index is 15.2. The molecule has 0 unspecified atom stereocenters. The number of aromatic nitrogens is 3. The molecule has 0 amide bonds. The summed E-state index contributed by atoms with van der Waals surface area (Å²) in [5.41, 5.74) is 3.20. The first-order valence-electron chi connectivity index (χ1n) is 11.1. The highest BCUT2D eigenvalue weighted by atomic mass is 32.2. The fourth-order valence-electron chi connectivity index (χ4n) is 4.32. The van der Waals surface area contributed by atoms with Crippen molar-refractivity contribution in [1.82, 2.24) is 14.1 Å². The Morgan fingerprint density at radius 3 is 2.61 bits per heavy atom. The van der Waals surface area contributed by atoms with Gasteiger partial charge in [-0.2, -0.15) is 0 Å². The van der Waals surface area contributed by atoms with Gasteiger partial charge >= 0.3 is 5.69 Å². The van der Waals surface area contributed by atoms with E-state index >= 15 is 4.39 Å². The van der Waals surface area contributed by atoms with E-state index in [-0.39, 0.29) is 10.7 Å². The Bertz CT molecular complexity index is 1830. The number of aliphatic imine (C=N–C) groups is 1. The van der Waals surface area contributed by atoms with E-state index in [9.17, 15) is 13.2 Å². The molecule has 10 heteroatoms. The monoisotopic (exact) mass is 506 g/mol. The molecule has 1 aliphatic rings. The van der Waals surface area contributed by atoms with Gasteiger partial charge in [-0.15, -0.1) is 0 Å². The summed E-state index contributed by atoms with van der Waals surface area (Å²) < 4.78 is 47.2. The molecule has 0 atom stereocenters. The maximum Gasteiger partial charge on any atom is 0.334 e. The molecule has 5 rings (SSSR count). The first kappa shape index (κ1) is 23.7. The van der Waals surface area contributed by atoms with Crippen LogP contribution in [0.5, 0.6) is 5.75 Å². The van der Waals surface area contributed by atoms with Crippen LogP contribution in [0.1, 0.15) is 12.5 Å². The van der Waals surface area contributed by atoms with E-state index in [0.29, 0.717) is 28.7 Å². The number of fused-ring (bicyclic) bond motifs is 3. The van der Waals surface area contributed by atoms with Crippen molar-refractivity contribution in [3.8, 4) is 11.6 Å².